The Balaban J connectivity index is 3.03. The van der Waals surface area contributed by atoms with Crippen LogP contribution in [0.4, 0.5) is 5.69 Å². The summed E-state index contributed by atoms with van der Waals surface area (Å²) in [6, 6.07) is 0. The lowest BCUT2D eigenvalue weighted by molar-refractivity contribution is -0.385. The van der Waals surface area contributed by atoms with E-state index in [2.05, 4.69) is 10.4 Å². The first kappa shape index (κ1) is 11.6. The summed E-state index contributed by atoms with van der Waals surface area (Å²) in [4.78, 5) is 10.3. The fourth-order valence-electron chi connectivity index (χ4n) is 1.32. The first-order valence-electron chi connectivity index (χ1n) is 4.71. The molecule has 1 N–H and O–H groups in total. The summed E-state index contributed by atoms with van der Waals surface area (Å²) >= 11 is 0. The Morgan fingerprint density at radius 3 is 2.73 bits per heavy atom. The largest absolute Gasteiger partial charge is 0.314 e. The molecule has 84 valence electrons. The molecule has 0 saturated carbocycles. The van der Waals surface area contributed by atoms with Gasteiger partial charge in [-0.25, -0.2) is 0 Å². The molecule has 0 aliphatic carbocycles. The van der Waals surface area contributed by atoms with Crippen LogP contribution in [0, 0.1) is 10.1 Å². The van der Waals surface area contributed by atoms with Crippen molar-refractivity contribution in [2.45, 2.75) is 25.8 Å². The summed E-state index contributed by atoms with van der Waals surface area (Å²) in [5.74, 6) is 0. The van der Waals surface area contributed by atoms with Gasteiger partial charge < -0.3 is 5.32 Å². The maximum Gasteiger partial charge on any atom is 0.310 e. The lowest BCUT2D eigenvalue weighted by atomic mass is 9.98. The van der Waals surface area contributed by atoms with Crippen LogP contribution in [-0.2, 0) is 13.5 Å². The van der Waals surface area contributed by atoms with Crippen molar-refractivity contribution in [2.24, 2.45) is 7.05 Å². The standard InChI is InChI=1S/C9H16N4O2/c1-9(2,10-3)5-7-8(13(14)15)6-11-12(7)4/h6,10H,5H2,1-4H3. The molecule has 1 rings (SSSR count). The van der Waals surface area contributed by atoms with Crippen LogP contribution in [0.25, 0.3) is 0 Å². The molecule has 0 amide bonds. The summed E-state index contributed by atoms with van der Waals surface area (Å²) in [5.41, 5.74) is 0.540. The third-order valence-corrected chi connectivity index (χ3v) is 2.52. The average molecular weight is 212 g/mol. The highest BCUT2D eigenvalue weighted by molar-refractivity contribution is 5.34. The number of likely N-dealkylation sites (N-methyl/N-ethyl adjacent to an activating group) is 1. The zero-order valence-corrected chi connectivity index (χ0v) is 9.44. The van der Waals surface area contributed by atoms with Gasteiger partial charge in [-0.3, -0.25) is 14.8 Å². The third-order valence-electron chi connectivity index (χ3n) is 2.52. The van der Waals surface area contributed by atoms with Crippen LogP contribution in [0.1, 0.15) is 19.5 Å². The van der Waals surface area contributed by atoms with Crippen LogP contribution in [0.2, 0.25) is 0 Å². The Bertz CT molecular complexity index is 370. The Morgan fingerprint density at radius 1 is 1.67 bits per heavy atom. The second-order valence-corrected chi connectivity index (χ2v) is 4.17. The molecule has 0 fully saturated rings. The topological polar surface area (TPSA) is 73.0 Å². The van der Waals surface area contributed by atoms with Crippen molar-refractivity contribution in [3.05, 3.63) is 22.0 Å². The van der Waals surface area contributed by atoms with Gasteiger partial charge in [-0.05, 0) is 20.9 Å². The van der Waals surface area contributed by atoms with Crippen LogP contribution in [0.5, 0.6) is 0 Å². The molecule has 6 nitrogen and oxygen atoms in total. The minimum absolute atomic E-state index is 0.0841. The van der Waals surface area contributed by atoms with E-state index in [4.69, 9.17) is 0 Å². The van der Waals surface area contributed by atoms with Crippen molar-refractivity contribution in [3.63, 3.8) is 0 Å². The minimum Gasteiger partial charge on any atom is -0.314 e. The quantitative estimate of drug-likeness (QED) is 0.593. The molecule has 0 spiro atoms. The van der Waals surface area contributed by atoms with E-state index in [1.54, 1.807) is 11.7 Å². The van der Waals surface area contributed by atoms with E-state index in [1.807, 2.05) is 20.9 Å². The number of rotatable bonds is 4. The normalized spacial score (nSPS) is 11.7. The highest BCUT2D eigenvalue weighted by Gasteiger charge is 2.25. The van der Waals surface area contributed by atoms with E-state index < -0.39 is 4.92 Å². The molecule has 0 saturated heterocycles. The second kappa shape index (κ2) is 3.98. The van der Waals surface area contributed by atoms with Gasteiger partial charge in [0.15, 0.2) is 0 Å². The first-order chi connectivity index (χ1) is 6.87. The third kappa shape index (κ3) is 2.53. The summed E-state index contributed by atoms with van der Waals surface area (Å²) < 4.78 is 1.55. The maximum atomic E-state index is 10.7. The average Bonchev–Trinajstić information content (AvgIpc) is 2.48. The minimum atomic E-state index is -0.395. The van der Waals surface area contributed by atoms with Gasteiger partial charge in [0, 0.05) is 19.0 Å². The fourth-order valence-corrected chi connectivity index (χ4v) is 1.32. The van der Waals surface area contributed by atoms with Gasteiger partial charge in [-0.2, -0.15) is 5.10 Å². The van der Waals surface area contributed by atoms with E-state index in [-0.39, 0.29) is 11.2 Å². The van der Waals surface area contributed by atoms with Gasteiger partial charge in [0.05, 0.1) is 4.92 Å². The Hall–Kier alpha value is -1.43. The molecule has 0 aromatic carbocycles. The van der Waals surface area contributed by atoms with Gasteiger partial charge in [0.1, 0.15) is 11.9 Å². The summed E-state index contributed by atoms with van der Waals surface area (Å²) in [5, 5.41) is 17.8. The number of aryl methyl sites for hydroxylation is 1. The molecule has 0 aliphatic heterocycles. The molecule has 15 heavy (non-hydrogen) atoms. The van der Waals surface area contributed by atoms with Gasteiger partial charge in [-0.1, -0.05) is 0 Å². The molecule has 1 heterocycles. The maximum absolute atomic E-state index is 10.7. The number of nitro groups is 1. The number of nitrogens with one attached hydrogen (secondary N) is 1. The number of hydrogen-bond donors (Lipinski definition) is 1. The van der Waals surface area contributed by atoms with E-state index in [0.717, 1.165) is 0 Å². The SMILES string of the molecule is CNC(C)(C)Cc1c([N+](=O)[O-])cnn1C. The van der Waals surface area contributed by atoms with Crippen LogP contribution >= 0.6 is 0 Å². The number of nitrogens with zero attached hydrogens (tertiary/aromatic N) is 3. The van der Waals surface area contributed by atoms with Gasteiger partial charge in [0.2, 0.25) is 0 Å². The molecule has 1 aromatic heterocycles. The van der Waals surface area contributed by atoms with Crippen molar-refractivity contribution in [2.75, 3.05) is 7.05 Å². The lowest BCUT2D eigenvalue weighted by Gasteiger charge is -2.23. The van der Waals surface area contributed by atoms with Crippen molar-refractivity contribution in [1.29, 1.82) is 0 Å². The predicted molar refractivity (Wildman–Crippen MR) is 56.7 cm³/mol. The van der Waals surface area contributed by atoms with Crippen molar-refractivity contribution >= 4 is 5.69 Å². The second-order valence-electron chi connectivity index (χ2n) is 4.17. The van der Waals surface area contributed by atoms with Crippen molar-refractivity contribution in [1.82, 2.24) is 15.1 Å². The highest BCUT2D eigenvalue weighted by atomic mass is 16.6. The number of hydrogen-bond acceptors (Lipinski definition) is 4. The molecule has 0 radical (unpaired) electrons. The van der Waals surface area contributed by atoms with Gasteiger partial charge in [0.25, 0.3) is 0 Å². The zero-order chi connectivity index (χ0) is 11.6. The van der Waals surface area contributed by atoms with Crippen LogP contribution in [0.3, 0.4) is 0 Å². The fraction of sp³-hybridized carbons (Fsp3) is 0.667. The van der Waals surface area contributed by atoms with E-state index in [1.165, 1.54) is 6.20 Å². The predicted octanol–water partition coefficient (Wildman–Crippen LogP) is 0.869. The smallest absolute Gasteiger partial charge is 0.310 e. The molecule has 6 heteroatoms. The Kier molecular flexibility index (Phi) is 3.09. The molecular weight excluding hydrogens is 196 g/mol. The van der Waals surface area contributed by atoms with E-state index >= 15 is 0 Å². The van der Waals surface area contributed by atoms with E-state index in [9.17, 15) is 10.1 Å². The van der Waals surface area contributed by atoms with Crippen molar-refractivity contribution < 1.29 is 4.92 Å². The lowest BCUT2D eigenvalue weighted by Crippen LogP contribution is -2.39. The molecule has 0 bridgehead atoms. The van der Waals surface area contributed by atoms with Crippen LogP contribution in [0.15, 0.2) is 6.20 Å². The Morgan fingerprint density at radius 2 is 2.27 bits per heavy atom. The molecule has 1 aromatic rings. The molecule has 0 aliphatic rings. The van der Waals surface area contributed by atoms with Crippen molar-refractivity contribution in [3.8, 4) is 0 Å². The van der Waals surface area contributed by atoms with Crippen LogP contribution in [-0.4, -0.2) is 27.3 Å². The Labute approximate surface area is 88.4 Å². The van der Waals surface area contributed by atoms with Gasteiger partial charge in [-0.15, -0.1) is 0 Å². The molecule has 0 atom stereocenters. The van der Waals surface area contributed by atoms with Crippen LogP contribution < -0.4 is 5.32 Å². The highest BCUT2D eigenvalue weighted by Crippen LogP contribution is 2.21. The molecule has 0 unspecified atom stereocenters. The summed E-state index contributed by atoms with van der Waals surface area (Å²) in [7, 11) is 3.55. The van der Waals surface area contributed by atoms with E-state index in [0.29, 0.717) is 12.1 Å². The van der Waals surface area contributed by atoms with Gasteiger partial charge >= 0.3 is 5.69 Å². The summed E-state index contributed by atoms with van der Waals surface area (Å²) in [6.45, 7) is 3.98. The molecular formula is C9H16N4O2. The summed E-state index contributed by atoms with van der Waals surface area (Å²) in [6.07, 6.45) is 1.86. The number of aromatic nitrogens is 2. The monoisotopic (exact) mass is 212 g/mol. The first-order valence-corrected chi connectivity index (χ1v) is 4.71. The zero-order valence-electron chi connectivity index (χ0n) is 9.44.